The van der Waals surface area contributed by atoms with Gasteiger partial charge >= 0.3 is 0 Å². The first-order valence-corrected chi connectivity index (χ1v) is 10.1. The van der Waals surface area contributed by atoms with Gasteiger partial charge in [-0.05, 0) is 60.2 Å². The van der Waals surface area contributed by atoms with Crippen molar-refractivity contribution < 1.29 is 14.6 Å². The Labute approximate surface area is 177 Å². The highest BCUT2D eigenvalue weighted by atomic mass is 16.5. The molecule has 0 aliphatic carbocycles. The summed E-state index contributed by atoms with van der Waals surface area (Å²) < 4.78 is 7.32. The molecule has 0 radical (unpaired) electrons. The van der Waals surface area contributed by atoms with Crippen LogP contribution in [-0.2, 0) is 6.73 Å². The summed E-state index contributed by atoms with van der Waals surface area (Å²) in [6, 6.07) is 15.4. The highest BCUT2D eigenvalue weighted by Crippen LogP contribution is 2.19. The molecular weight excluding hydrogens is 378 g/mol. The van der Waals surface area contributed by atoms with E-state index in [9.17, 15) is 9.90 Å². The Morgan fingerprint density at radius 2 is 1.70 bits per heavy atom. The van der Waals surface area contributed by atoms with Crippen LogP contribution < -0.4 is 10.1 Å². The highest BCUT2D eigenvalue weighted by Gasteiger charge is 2.13. The van der Waals surface area contributed by atoms with Crippen molar-refractivity contribution in [3.63, 3.8) is 0 Å². The van der Waals surface area contributed by atoms with Crippen LogP contribution in [0.15, 0.2) is 54.7 Å². The van der Waals surface area contributed by atoms with E-state index in [-0.39, 0.29) is 24.9 Å². The van der Waals surface area contributed by atoms with Crippen LogP contribution in [0.2, 0.25) is 0 Å². The van der Waals surface area contributed by atoms with Crippen molar-refractivity contribution in [2.24, 2.45) is 0 Å². The molecule has 0 spiro atoms. The van der Waals surface area contributed by atoms with E-state index in [2.05, 4.69) is 30.3 Å². The topological polar surface area (TPSA) is 76.4 Å². The second-order valence-corrected chi connectivity index (χ2v) is 7.88. The number of aryl methyl sites for hydroxylation is 2. The third-order valence-electron chi connectivity index (χ3n) is 4.88. The molecule has 2 aromatic carbocycles. The van der Waals surface area contributed by atoms with Crippen LogP contribution in [0, 0.1) is 13.8 Å². The van der Waals surface area contributed by atoms with Gasteiger partial charge in [-0.1, -0.05) is 44.2 Å². The number of aromatic nitrogens is 2. The van der Waals surface area contributed by atoms with E-state index >= 15 is 0 Å². The van der Waals surface area contributed by atoms with Gasteiger partial charge in [-0.2, -0.15) is 5.10 Å². The first-order valence-electron chi connectivity index (χ1n) is 10.1. The molecule has 2 N–H and O–H groups in total. The second kappa shape index (κ2) is 9.59. The van der Waals surface area contributed by atoms with Crippen LogP contribution in [0.5, 0.6) is 5.75 Å². The SMILES string of the molecule is Cc1cc(C)cc(OCn2ccc(C(=O)NCC(O)c3ccc(C(C)C)cc3)n2)c1. The molecule has 0 aliphatic heterocycles. The van der Waals surface area contributed by atoms with Crippen LogP contribution in [0.25, 0.3) is 0 Å². The van der Waals surface area contributed by atoms with Crippen molar-refractivity contribution in [1.82, 2.24) is 15.1 Å². The Balaban J connectivity index is 1.51. The van der Waals surface area contributed by atoms with Crippen molar-refractivity contribution in [3.05, 3.63) is 82.7 Å². The minimum Gasteiger partial charge on any atom is -0.471 e. The number of nitrogens with one attached hydrogen (secondary N) is 1. The van der Waals surface area contributed by atoms with E-state index in [4.69, 9.17) is 4.74 Å². The average molecular weight is 408 g/mol. The van der Waals surface area contributed by atoms with Gasteiger partial charge in [0.2, 0.25) is 0 Å². The van der Waals surface area contributed by atoms with Gasteiger partial charge in [-0.25, -0.2) is 4.68 Å². The number of aliphatic hydroxyl groups is 1. The molecule has 1 atom stereocenters. The number of hydrogen-bond acceptors (Lipinski definition) is 4. The molecule has 0 bridgehead atoms. The molecular formula is C24H29N3O3. The molecule has 30 heavy (non-hydrogen) atoms. The van der Waals surface area contributed by atoms with Gasteiger partial charge in [-0.3, -0.25) is 4.79 Å². The third kappa shape index (κ3) is 5.70. The summed E-state index contributed by atoms with van der Waals surface area (Å²) >= 11 is 0. The number of amides is 1. The number of benzene rings is 2. The molecule has 3 aromatic rings. The number of nitrogens with zero attached hydrogens (tertiary/aromatic N) is 2. The molecule has 0 fully saturated rings. The summed E-state index contributed by atoms with van der Waals surface area (Å²) in [4.78, 5) is 12.4. The Kier molecular flexibility index (Phi) is 6.90. The maximum Gasteiger partial charge on any atom is 0.271 e. The molecule has 1 heterocycles. The molecule has 158 valence electrons. The fraction of sp³-hybridized carbons (Fsp3) is 0.333. The summed E-state index contributed by atoms with van der Waals surface area (Å²) in [7, 11) is 0. The van der Waals surface area contributed by atoms with E-state index in [1.165, 1.54) is 5.56 Å². The van der Waals surface area contributed by atoms with Crippen LogP contribution in [0.3, 0.4) is 0 Å². The monoisotopic (exact) mass is 407 g/mol. The van der Waals surface area contributed by atoms with Gasteiger partial charge in [0, 0.05) is 12.7 Å². The normalized spacial score (nSPS) is 12.1. The van der Waals surface area contributed by atoms with Crippen LogP contribution >= 0.6 is 0 Å². The predicted octanol–water partition coefficient (Wildman–Crippen LogP) is 4.12. The highest BCUT2D eigenvalue weighted by molar-refractivity contribution is 5.92. The zero-order valence-electron chi connectivity index (χ0n) is 17.9. The van der Waals surface area contributed by atoms with E-state index in [1.807, 2.05) is 50.2 Å². The van der Waals surface area contributed by atoms with Crippen molar-refractivity contribution >= 4 is 5.91 Å². The van der Waals surface area contributed by atoms with Gasteiger partial charge in [0.1, 0.15) is 11.4 Å². The number of aliphatic hydroxyl groups excluding tert-OH is 1. The van der Waals surface area contributed by atoms with Gasteiger partial charge in [0.15, 0.2) is 6.73 Å². The van der Waals surface area contributed by atoms with Crippen LogP contribution in [0.4, 0.5) is 0 Å². The predicted molar refractivity (Wildman–Crippen MR) is 117 cm³/mol. The fourth-order valence-corrected chi connectivity index (χ4v) is 3.21. The standard InChI is InChI=1S/C24H29N3O3/c1-16(2)19-5-7-20(8-6-19)23(28)14-25-24(29)22-9-10-27(26-22)15-30-21-12-17(3)11-18(4)13-21/h5-13,16,23,28H,14-15H2,1-4H3,(H,25,29). The van der Waals surface area contributed by atoms with Crippen molar-refractivity contribution in [3.8, 4) is 5.75 Å². The molecule has 0 saturated heterocycles. The fourth-order valence-electron chi connectivity index (χ4n) is 3.21. The maximum atomic E-state index is 12.4. The Morgan fingerprint density at radius 1 is 1.07 bits per heavy atom. The van der Waals surface area contributed by atoms with Gasteiger partial charge in [0.25, 0.3) is 5.91 Å². The smallest absolute Gasteiger partial charge is 0.271 e. The summed E-state index contributed by atoms with van der Waals surface area (Å²) in [5.41, 5.74) is 4.52. The third-order valence-corrected chi connectivity index (χ3v) is 4.88. The van der Waals surface area contributed by atoms with Crippen LogP contribution in [0.1, 0.15) is 58.6 Å². The number of rotatable bonds is 8. The number of carbonyl (C=O) groups is 1. The van der Waals surface area contributed by atoms with Crippen LogP contribution in [-0.4, -0.2) is 27.3 Å². The summed E-state index contributed by atoms with van der Waals surface area (Å²) in [6.07, 6.45) is 0.920. The molecule has 6 nitrogen and oxygen atoms in total. The number of hydrogen-bond donors (Lipinski definition) is 2. The minimum atomic E-state index is -0.773. The molecule has 0 aliphatic rings. The lowest BCUT2D eigenvalue weighted by molar-refractivity contribution is 0.0909. The molecule has 0 saturated carbocycles. The second-order valence-electron chi connectivity index (χ2n) is 7.88. The molecule has 3 rings (SSSR count). The molecule has 1 aromatic heterocycles. The van der Waals surface area contributed by atoms with E-state index < -0.39 is 6.10 Å². The summed E-state index contributed by atoms with van der Waals surface area (Å²) in [6.45, 7) is 8.61. The Hall–Kier alpha value is -3.12. The minimum absolute atomic E-state index is 0.117. The maximum absolute atomic E-state index is 12.4. The Morgan fingerprint density at radius 3 is 2.33 bits per heavy atom. The summed E-state index contributed by atoms with van der Waals surface area (Å²) in [5, 5.41) is 17.3. The largest absolute Gasteiger partial charge is 0.471 e. The Bertz CT molecular complexity index is 973. The lowest BCUT2D eigenvalue weighted by Gasteiger charge is -2.13. The average Bonchev–Trinajstić information content (AvgIpc) is 3.19. The first-order chi connectivity index (χ1) is 14.3. The van der Waals surface area contributed by atoms with Gasteiger partial charge in [0.05, 0.1) is 6.10 Å². The molecule has 6 heteroatoms. The van der Waals surface area contributed by atoms with E-state index in [0.717, 1.165) is 22.4 Å². The quantitative estimate of drug-likeness (QED) is 0.589. The van der Waals surface area contributed by atoms with E-state index in [1.54, 1.807) is 16.9 Å². The van der Waals surface area contributed by atoms with Gasteiger partial charge in [-0.15, -0.1) is 0 Å². The number of ether oxygens (including phenoxy) is 1. The van der Waals surface area contributed by atoms with E-state index in [0.29, 0.717) is 5.92 Å². The zero-order valence-corrected chi connectivity index (χ0v) is 17.9. The lowest BCUT2D eigenvalue weighted by atomic mass is 10.00. The number of carbonyl (C=O) groups excluding carboxylic acids is 1. The van der Waals surface area contributed by atoms with Crippen molar-refractivity contribution in [1.29, 1.82) is 0 Å². The van der Waals surface area contributed by atoms with Crippen molar-refractivity contribution in [2.75, 3.05) is 6.54 Å². The van der Waals surface area contributed by atoms with Crippen molar-refractivity contribution in [2.45, 2.75) is 46.4 Å². The summed E-state index contributed by atoms with van der Waals surface area (Å²) in [5.74, 6) is 0.864. The molecule has 1 unspecified atom stereocenters. The van der Waals surface area contributed by atoms with Gasteiger partial charge < -0.3 is 15.2 Å². The molecule has 1 amide bonds. The first kappa shape index (κ1) is 21.6. The zero-order chi connectivity index (χ0) is 21.7. The lowest BCUT2D eigenvalue weighted by Crippen LogP contribution is -2.28.